The fourth-order valence-electron chi connectivity index (χ4n) is 2.10. The zero-order valence-electron chi connectivity index (χ0n) is 13.0. The van der Waals surface area contributed by atoms with Crippen LogP contribution in [0.5, 0.6) is 0 Å². The van der Waals surface area contributed by atoms with Gasteiger partial charge in [0.1, 0.15) is 6.04 Å². The van der Waals surface area contributed by atoms with Crippen LogP contribution < -0.4 is 16.6 Å². The molecule has 20 heavy (non-hydrogen) atoms. The molecule has 0 aromatic heterocycles. The number of carbonyl (C=O) groups excluding carboxylic acids is 2. The van der Waals surface area contributed by atoms with Crippen LogP contribution in [-0.2, 0) is 9.59 Å². The van der Waals surface area contributed by atoms with E-state index in [0.717, 1.165) is 12.8 Å². The van der Waals surface area contributed by atoms with Gasteiger partial charge in [0, 0.05) is 6.42 Å². The predicted molar refractivity (Wildman–Crippen MR) is 81.8 cm³/mol. The monoisotopic (exact) mass is 285 g/mol. The normalized spacial score (nSPS) is 11.9. The summed E-state index contributed by atoms with van der Waals surface area (Å²) in [7, 11) is 0. The van der Waals surface area contributed by atoms with Crippen molar-refractivity contribution in [2.75, 3.05) is 0 Å². The highest BCUT2D eigenvalue weighted by Gasteiger charge is 2.13. The summed E-state index contributed by atoms with van der Waals surface area (Å²) in [5.74, 6) is 4.55. The van der Waals surface area contributed by atoms with Gasteiger partial charge in [-0.25, -0.2) is 5.84 Å². The first kappa shape index (κ1) is 18.9. The Labute approximate surface area is 123 Å². The molecule has 0 saturated heterocycles. The minimum Gasteiger partial charge on any atom is -0.345 e. The smallest absolute Gasteiger partial charge is 0.256 e. The number of rotatable bonds is 12. The van der Waals surface area contributed by atoms with Crippen molar-refractivity contribution in [2.45, 2.75) is 84.1 Å². The fourth-order valence-corrected chi connectivity index (χ4v) is 2.10. The lowest BCUT2D eigenvalue weighted by Gasteiger charge is -2.11. The zero-order chi connectivity index (χ0) is 15.2. The molecule has 0 radical (unpaired) electrons. The number of hydrogen-bond donors (Lipinski definition) is 3. The molecule has 2 amide bonds. The summed E-state index contributed by atoms with van der Waals surface area (Å²) in [4.78, 5) is 22.7. The Bertz CT molecular complexity index is 270. The molecule has 118 valence electrons. The van der Waals surface area contributed by atoms with Gasteiger partial charge in [0.15, 0.2) is 0 Å². The van der Waals surface area contributed by atoms with E-state index in [0.29, 0.717) is 6.42 Å². The van der Waals surface area contributed by atoms with Gasteiger partial charge in [-0.15, -0.1) is 0 Å². The quantitative estimate of drug-likeness (QED) is 0.223. The Morgan fingerprint density at radius 3 is 1.95 bits per heavy atom. The van der Waals surface area contributed by atoms with E-state index in [1.54, 1.807) is 6.92 Å². The largest absolute Gasteiger partial charge is 0.345 e. The lowest BCUT2D eigenvalue weighted by atomic mass is 10.1. The Kier molecular flexibility index (Phi) is 12.2. The van der Waals surface area contributed by atoms with Crippen LogP contribution in [0.2, 0.25) is 0 Å². The van der Waals surface area contributed by atoms with Gasteiger partial charge in [-0.3, -0.25) is 15.0 Å². The molecular formula is C15H31N3O2. The van der Waals surface area contributed by atoms with E-state index in [2.05, 4.69) is 12.2 Å². The molecule has 0 aliphatic rings. The average Bonchev–Trinajstić information content (AvgIpc) is 2.44. The first-order chi connectivity index (χ1) is 9.61. The molecule has 1 atom stereocenters. The first-order valence-corrected chi connectivity index (χ1v) is 7.91. The minimum atomic E-state index is -0.564. The second kappa shape index (κ2) is 12.9. The van der Waals surface area contributed by atoms with E-state index in [1.165, 1.54) is 44.9 Å². The van der Waals surface area contributed by atoms with E-state index < -0.39 is 6.04 Å². The Balaban J connectivity index is 3.37. The van der Waals surface area contributed by atoms with Gasteiger partial charge in [-0.1, -0.05) is 58.3 Å². The summed E-state index contributed by atoms with van der Waals surface area (Å²) in [6.45, 7) is 3.85. The van der Waals surface area contributed by atoms with Crippen LogP contribution in [0.3, 0.4) is 0 Å². The van der Waals surface area contributed by atoms with Crippen molar-refractivity contribution in [1.82, 2.24) is 10.7 Å². The third kappa shape index (κ3) is 10.8. The highest BCUT2D eigenvalue weighted by molar-refractivity contribution is 5.86. The average molecular weight is 285 g/mol. The molecule has 0 aromatic rings. The van der Waals surface area contributed by atoms with Crippen molar-refractivity contribution in [1.29, 1.82) is 0 Å². The maximum Gasteiger partial charge on any atom is 0.256 e. The van der Waals surface area contributed by atoms with Gasteiger partial charge < -0.3 is 5.32 Å². The molecule has 0 bridgehead atoms. The standard InChI is InChI=1S/C15H31N3O2/c1-3-4-5-6-7-8-9-10-11-12-14(19)17-13(2)15(20)18-16/h13H,3-12,16H2,1-2H3,(H,17,19)(H,18,20). The maximum absolute atomic E-state index is 11.5. The Hall–Kier alpha value is -1.10. The van der Waals surface area contributed by atoms with E-state index >= 15 is 0 Å². The van der Waals surface area contributed by atoms with Crippen molar-refractivity contribution >= 4 is 11.8 Å². The van der Waals surface area contributed by atoms with Crippen LogP contribution in [0.15, 0.2) is 0 Å². The molecule has 0 aliphatic carbocycles. The van der Waals surface area contributed by atoms with Crippen LogP contribution in [0.1, 0.15) is 78.1 Å². The lowest BCUT2D eigenvalue weighted by molar-refractivity contribution is -0.128. The number of carbonyl (C=O) groups is 2. The molecule has 0 spiro atoms. The fraction of sp³-hybridized carbons (Fsp3) is 0.867. The Morgan fingerprint density at radius 2 is 1.45 bits per heavy atom. The van der Waals surface area contributed by atoms with E-state index in [1.807, 2.05) is 5.43 Å². The first-order valence-electron chi connectivity index (χ1n) is 7.91. The van der Waals surface area contributed by atoms with Gasteiger partial charge in [0.25, 0.3) is 5.91 Å². The molecule has 5 heteroatoms. The molecule has 4 N–H and O–H groups in total. The second-order valence-corrected chi connectivity index (χ2v) is 5.38. The summed E-state index contributed by atoms with van der Waals surface area (Å²) in [5.41, 5.74) is 2.02. The molecule has 1 unspecified atom stereocenters. The van der Waals surface area contributed by atoms with Crippen LogP contribution in [-0.4, -0.2) is 17.9 Å². The van der Waals surface area contributed by atoms with E-state index in [4.69, 9.17) is 5.84 Å². The maximum atomic E-state index is 11.5. The van der Waals surface area contributed by atoms with Crippen LogP contribution in [0.25, 0.3) is 0 Å². The SMILES string of the molecule is CCCCCCCCCCCC(=O)NC(C)C(=O)NN. The highest BCUT2D eigenvalue weighted by atomic mass is 16.2. The molecule has 0 saturated carbocycles. The van der Waals surface area contributed by atoms with Gasteiger partial charge >= 0.3 is 0 Å². The zero-order valence-corrected chi connectivity index (χ0v) is 13.0. The number of amides is 2. The van der Waals surface area contributed by atoms with Crippen molar-refractivity contribution < 1.29 is 9.59 Å². The molecule has 0 heterocycles. The molecule has 5 nitrogen and oxygen atoms in total. The third-order valence-corrected chi connectivity index (χ3v) is 3.42. The van der Waals surface area contributed by atoms with Gasteiger partial charge in [-0.05, 0) is 13.3 Å². The van der Waals surface area contributed by atoms with Gasteiger partial charge in [0.2, 0.25) is 5.91 Å². The van der Waals surface area contributed by atoms with Crippen LogP contribution in [0, 0.1) is 0 Å². The number of hydrazine groups is 1. The van der Waals surface area contributed by atoms with Crippen LogP contribution >= 0.6 is 0 Å². The number of nitrogens with one attached hydrogen (secondary N) is 2. The molecular weight excluding hydrogens is 254 g/mol. The summed E-state index contributed by atoms with van der Waals surface area (Å²) >= 11 is 0. The van der Waals surface area contributed by atoms with Crippen molar-refractivity contribution in [2.24, 2.45) is 5.84 Å². The summed E-state index contributed by atoms with van der Waals surface area (Å²) in [6.07, 6.45) is 11.5. The number of nitrogens with two attached hydrogens (primary N) is 1. The van der Waals surface area contributed by atoms with Crippen molar-refractivity contribution in [3.8, 4) is 0 Å². The molecule has 0 rings (SSSR count). The number of hydrogen-bond acceptors (Lipinski definition) is 3. The van der Waals surface area contributed by atoms with Crippen molar-refractivity contribution in [3.05, 3.63) is 0 Å². The molecule has 0 aliphatic heterocycles. The lowest BCUT2D eigenvalue weighted by Crippen LogP contribution is -2.47. The minimum absolute atomic E-state index is 0.0796. The highest BCUT2D eigenvalue weighted by Crippen LogP contribution is 2.10. The summed E-state index contributed by atoms with van der Waals surface area (Å²) < 4.78 is 0. The third-order valence-electron chi connectivity index (χ3n) is 3.42. The summed E-state index contributed by atoms with van der Waals surface area (Å²) in [5, 5.41) is 2.62. The second-order valence-electron chi connectivity index (χ2n) is 5.38. The van der Waals surface area contributed by atoms with Gasteiger partial charge in [0.05, 0.1) is 0 Å². The summed E-state index contributed by atoms with van der Waals surface area (Å²) in [6, 6.07) is -0.564. The molecule has 0 fully saturated rings. The van der Waals surface area contributed by atoms with E-state index in [-0.39, 0.29) is 11.8 Å². The Morgan fingerprint density at radius 1 is 0.950 bits per heavy atom. The van der Waals surface area contributed by atoms with E-state index in [9.17, 15) is 9.59 Å². The number of unbranched alkanes of at least 4 members (excludes halogenated alkanes) is 8. The van der Waals surface area contributed by atoms with Crippen LogP contribution in [0.4, 0.5) is 0 Å². The predicted octanol–water partition coefficient (Wildman–Crippen LogP) is 2.40. The topological polar surface area (TPSA) is 84.2 Å². The van der Waals surface area contributed by atoms with Gasteiger partial charge in [-0.2, -0.15) is 0 Å². The van der Waals surface area contributed by atoms with Crippen molar-refractivity contribution in [3.63, 3.8) is 0 Å². The molecule has 0 aromatic carbocycles.